The first kappa shape index (κ1) is 15.8. The molecule has 0 fully saturated rings. The third-order valence-corrected chi connectivity index (χ3v) is 0. The first-order chi connectivity index (χ1) is 3.46. The van der Waals surface area contributed by atoms with E-state index in [4.69, 9.17) is 30.0 Å². The molecule has 0 rings (SSSR count). The molecule has 0 aromatic carbocycles. The fourth-order valence-electron chi connectivity index (χ4n) is 0. The Morgan fingerprint density at radius 3 is 0.778 bits per heavy atom. The molecule has 6 nitrogen and oxygen atoms in total. The maximum Gasteiger partial charge on any atom is 4.00 e. The third kappa shape index (κ3) is 656. The fourth-order valence-corrected chi connectivity index (χ4v) is 0. The van der Waals surface area contributed by atoms with Crippen LogP contribution in [0.4, 0.5) is 9.59 Å². The molecule has 0 aliphatic rings. The minimum Gasteiger partial charge on any atom is -0.652 e. The second-order valence-corrected chi connectivity index (χ2v) is 0.500. The molecule has 0 aromatic heterocycles. The van der Waals surface area contributed by atoms with Gasteiger partial charge in [-0.2, -0.15) is 0 Å². The van der Waals surface area contributed by atoms with Crippen LogP contribution in [0.5, 0.6) is 0 Å². The topological polar surface area (TPSA) is 126 Å². The Bertz CT molecular complexity index is 69.1. The van der Waals surface area contributed by atoms with Crippen molar-refractivity contribution in [1.29, 1.82) is 0 Å². The van der Waals surface area contributed by atoms with Gasteiger partial charge in [0, 0.05) is 0 Å². The standard InChI is InChI=1S/2CH2O3.Bi/c2*2-1(3)4;/h2*(H2,2,3,4);/q;;+4/p-4. The molecule has 1 radical (unpaired) electrons. The predicted octanol–water partition coefficient (Wildman–Crippen LogP) is -5.27. The van der Waals surface area contributed by atoms with E-state index in [2.05, 4.69) is 0 Å². The monoisotopic (exact) mass is 329 g/mol. The first-order valence-corrected chi connectivity index (χ1v) is 1.22. The summed E-state index contributed by atoms with van der Waals surface area (Å²) in [6, 6.07) is 0. The minimum atomic E-state index is -2.33. The van der Waals surface area contributed by atoms with Gasteiger partial charge < -0.3 is 30.0 Å². The number of hydrogen-bond acceptors (Lipinski definition) is 6. The van der Waals surface area contributed by atoms with Crippen molar-refractivity contribution in [3.05, 3.63) is 0 Å². The van der Waals surface area contributed by atoms with Crippen molar-refractivity contribution in [2.24, 2.45) is 0 Å². The van der Waals surface area contributed by atoms with E-state index < -0.39 is 12.3 Å². The van der Waals surface area contributed by atoms with Crippen LogP contribution >= 0.6 is 0 Å². The summed E-state index contributed by atoms with van der Waals surface area (Å²) in [5.74, 6) is 0. The zero-order valence-corrected chi connectivity index (χ0v) is 7.37. The van der Waals surface area contributed by atoms with Crippen molar-refractivity contribution in [1.82, 2.24) is 0 Å². The molecule has 7 heteroatoms. The Hall–Kier alpha value is -0.577. The summed E-state index contributed by atoms with van der Waals surface area (Å²) in [5.41, 5.74) is 0. The van der Waals surface area contributed by atoms with Crippen LogP contribution in [0.2, 0.25) is 0 Å². The van der Waals surface area contributed by atoms with Gasteiger partial charge in [0.05, 0.1) is 0 Å². The summed E-state index contributed by atoms with van der Waals surface area (Å²) < 4.78 is 0. The van der Waals surface area contributed by atoms with Gasteiger partial charge in [-0.3, -0.25) is 0 Å². The van der Waals surface area contributed by atoms with Crippen molar-refractivity contribution in [3.8, 4) is 0 Å². The van der Waals surface area contributed by atoms with Gasteiger partial charge in [0.1, 0.15) is 0 Å². The van der Waals surface area contributed by atoms with E-state index in [1.54, 1.807) is 0 Å². The summed E-state index contributed by atoms with van der Waals surface area (Å²) in [4.78, 5) is 16.7. The van der Waals surface area contributed by atoms with Crippen LogP contribution in [0.15, 0.2) is 0 Å². The van der Waals surface area contributed by atoms with Gasteiger partial charge >= 0.3 is 26.2 Å². The smallest absolute Gasteiger partial charge is 0.652 e. The molecule has 0 unspecified atom stereocenters. The van der Waals surface area contributed by atoms with Gasteiger partial charge in [0.2, 0.25) is 0 Å². The maximum atomic E-state index is 8.33. The van der Waals surface area contributed by atoms with Gasteiger partial charge in [-0.05, 0) is 12.3 Å². The summed E-state index contributed by atoms with van der Waals surface area (Å²) >= 11 is 0. The van der Waals surface area contributed by atoms with Crippen LogP contribution < -0.4 is 20.4 Å². The molecular weight excluding hydrogens is 329 g/mol. The SMILES string of the molecule is O=C([O-])[O-].O=C([O-])[O-].[Bi+4]. The van der Waals surface area contributed by atoms with Crippen LogP contribution in [0.3, 0.4) is 0 Å². The Kier molecular flexibility index (Phi) is 18.3. The summed E-state index contributed by atoms with van der Waals surface area (Å²) in [6.07, 6.45) is -4.67. The molecule has 0 spiro atoms. The normalized spacial score (nSPS) is 5.33. The van der Waals surface area contributed by atoms with Crippen LogP contribution in [0.25, 0.3) is 0 Å². The Morgan fingerprint density at radius 1 is 0.778 bits per heavy atom. The van der Waals surface area contributed by atoms with Crippen LogP contribution in [-0.4, -0.2) is 38.5 Å². The van der Waals surface area contributed by atoms with Crippen molar-refractivity contribution >= 4 is 38.5 Å². The second-order valence-electron chi connectivity index (χ2n) is 0.500. The van der Waals surface area contributed by atoms with Crippen molar-refractivity contribution in [3.63, 3.8) is 0 Å². The number of rotatable bonds is 0. The molecule has 0 saturated carbocycles. The number of carbonyl (C=O) groups excluding carboxylic acids is 2. The Morgan fingerprint density at radius 2 is 0.778 bits per heavy atom. The average Bonchev–Trinajstić information content (AvgIpc) is 1.25. The predicted molar refractivity (Wildman–Crippen MR) is 16.5 cm³/mol. The zero-order chi connectivity index (χ0) is 7.15. The molecule has 0 aliphatic carbocycles. The van der Waals surface area contributed by atoms with Crippen LogP contribution in [0.1, 0.15) is 0 Å². The van der Waals surface area contributed by atoms with Gasteiger partial charge in [0.25, 0.3) is 0 Å². The molecule has 0 heterocycles. The molecule has 49 valence electrons. The number of carboxylic acid groups (broad SMARTS) is 4. The quantitative estimate of drug-likeness (QED) is 0.409. The number of hydrogen-bond donors (Lipinski definition) is 0. The molecule has 0 aliphatic heterocycles. The molecule has 0 bridgehead atoms. The fraction of sp³-hybridized carbons (Fsp3) is 0. The van der Waals surface area contributed by atoms with Crippen molar-refractivity contribution < 1.29 is 30.0 Å². The molecule has 0 amide bonds. The molecule has 0 atom stereocenters. The molecule has 0 aromatic rings. The third-order valence-electron chi connectivity index (χ3n) is 0. The molecule has 9 heavy (non-hydrogen) atoms. The van der Waals surface area contributed by atoms with E-state index in [0.717, 1.165) is 0 Å². The van der Waals surface area contributed by atoms with Crippen molar-refractivity contribution in [2.75, 3.05) is 0 Å². The minimum absolute atomic E-state index is 0. The van der Waals surface area contributed by atoms with E-state index in [1.165, 1.54) is 0 Å². The van der Waals surface area contributed by atoms with E-state index in [9.17, 15) is 0 Å². The number of carbonyl (C=O) groups is 2. The summed E-state index contributed by atoms with van der Waals surface area (Å²) in [6.45, 7) is 0. The van der Waals surface area contributed by atoms with Gasteiger partial charge in [-0.15, -0.1) is 0 Å². The van der Waals surface area contributed by atoms with E-state index in [-0.39, 0.29) is 26.2 Å². The Labute approximate surface area is 68.9 Å². The Balaban J connectivity index is -0.0000000720. The van der Waals surface area contributed by atoms with Crippen molar-refractivity contribution in [2.45, 2.75) is 0 Å². The van der Waals surface area contributed by atoms with E-state index in [0.29, 0.717) is 0 Å². The van der Waals surface area contributed by atoms with Gasteiger partial charge in [0.15, 0.2) is 0 Å². The second kappa shape index (κ2) is 10.4. The van der Waals surface area contributed by atoms with E-state index >= 15 is 0 Å². The summed E-state index contributed by atoms with van der Waals surface area (Å²) in [7, 11) is 0. The molecule has 0 saturated heterocycles. The maximum absolute atomic E-state index is 8.33. The van der Waals surface area contributed by atoms with E-state index in [1.807, 2.05) is 0 Å². The first-order valence-electron chi connectivity index (χ1n) is 1.22. The van der Waals surface area contributed by atoms with Gasteiger partial charge in [-0.1, -0.05) is 0 Å². The van der Waals surface area contributed by atoms with Crippen LogP contribution in [-0.2, 0) is 0 Å². The zero-order valence-electron chi connectivity index (χ0n) is 3.90. The molecular formula is C2BiO6. The van der Waals surface area contributed by atoms with Crippen LogP contribution in [0, 0.1) is 0 Å². The molecule has 0 N–H and O–H groups in total. The largest absolute Gasteiger partial charge is 4.00 e. The average molecular weight is 329 g/mol. The van der Waals surface area contributed by atoms with Gasteiger partial charge in [-0.25, -0.2) is 0 Å². The summed E-state index contributed by atoms with van der Waals surface area (Å²) in [5, 5.41) is 33.3.